The molecule has 0 aliphatic rings. The van der Waals surface area contributed by atoms with Crippen LogP contribution in [0.1, 0.15) is 10.5 Å². The van der Waals surface area contributed by atoms with E-state index in [0.717, 1.165) is 5.69 Å². The van der Waals surface area contributed by atoms with Crippen LogP contribution in [0.2, 0.25) is 0 Å². The molecule has 0 bridgehead atoms. The number of pyridine rings is 1. The maximum atomic E-state index is 10.9. The Balaban J connectivity index is 3.17. The molecule has 0 unspecified atom stereocenters. The summed E-state index contributed by atoms with van der Waals surface area (Å²) in [5.41, 5.74) is 6.17. The van der Waals surface area contributed by atoms with E-state index < -0.39 is 5.91 Å². The first-order valence-electron chi connectivity index (χ1n) is 3.55. The molecule has 4 heteroatoms. The van der Waals surface area contributed by atoms with Crippen LogP contribution < -0.4 is 10.6 Å². The second kappa shape index (κ2) is 3.21. The Labute approximate surface area is 71.0 Å². The number of primary amides is 1. The molecule has 0 saturated carbocycles. The molecule has 0 fully saturated rings. The van der Waals surface area contributed by atoms with Crippen LogP contribution in [0.4, 0.5) is 5.69 Å². The summed E-state index contributed by atoms with van der Waals surface area (Å²) < 4.78 is 0. The van der Waals surface area contributed by atoms with Gasteiger partial charge in [-0.05, 0) is 12.1 Å². The normalized spacial score (nSPS) is 9.50. The van der Waals surface area contributed by atoms with E-state index in [-0.39, 0.29) is 0 Å². The van der Waals surface area contributed by atoms with Gasteiger partial charge in [0.05, 0.1) is 5.69 Å². The first-order valence-corrected chi connectivity index (χ1v) is 3.55. The van der Waals surface area contributed by atoms with Crippen LogP contribution in [0.15, 0.2) is 18.3 Å². The molecule has 0 atom stereocenters. The van der Waals surface area contributed by atoms with Gasteiger partial charge in [-0.25, -0.2) is 4.98 Å². The molecule has 0 aliphatic heterocycles. The average molecular weight is 165 g/mol. The van der Waals surface area contributed by atoms with Gasteiger partial charge in [0.2, 0.25) is 0 Å². The van der Waals surface area contributed by atoms with Crippen molar-refractivity contribution in [3.8, 4) is 0 Å². The molecule has 0 aromatic carbocycles. The van der Waals surface area contributed by atoms with Crippen LogP contribution in [0.25, 0.3) is 0 Å². The summed E-state index contributed by atoms with van der Waals surface area (Å²) in [6.07, 6.45) is 1.55. The third kappa shape index (κ3) is 1.53. The number of nitrogens with two attached hydrogens (primary N) is 1. The lowest BCUT2D eigenvalue weighted by Gasteiger charge is -2.13. The smallest absolute Gasteiger partial charge is 0.269 e. The van der Waals surface area contributed by atoms with Crippen molar-refractivity contribution in [2.75, 3.05) is 19.0 Å². The summed E-state index contributed by atoms with van der Waals surface area (Å²) in [5.74, 6) is -0.501. The van der Waals surface area contributed by atoms with Gasteiger partial charge in [-0.15, -0.1) is 0 Å². The Morgan fingerprint density at radius 3 is 2.67 bits per heavy atom. The Bertz CT molecular complexity index is 296. The van der Waals surface area contributed by atoms with Crippen molar-refractivity contribution in [2.45, 2.75) is 0 Å². The molecule has 2 N–H and O–H groups in total. The molecule has 1 aromatic heterocycles. The van der Waals surface area contributed by atoms with Crippen molar-refractivity contribution in [2.24, 2.45) is 5.73 Å². The monoisotopic (exact) mass is 165 g/mol. The Morgan fingerprint density at radius 1 is 1.58 bits per heavy atom. The minimum atomic E-state index is -0.501. The first kappa shape index (κ1) is 8.52. The van der Waals surface area contributed by atoms with Crippen LogP contribution in [0.3, 0.4) is 0 Å². The third-order valence-electron chi connectivity index (χ3n) is 1.50. The standard InChI is InChI=1S/C8H11N3O/c1-11(2)6-4-3-5-10-7(6)8(9)12/h3-5H,1-2H3,(H2,9,12). The van der Waals surface area contributed by atoms with E-state index in [2.05, 4.69) is 4.98 Å². The fourth-order valence-corrected chi connectivity index (χ4v) is 0.948. The molecular formula is C8H11N3O. The largest absolute Gasteiger partial charge is 0.376 e. The molecule has 12 heavy (non-hydrogen) atoms. The number of amides is 1. The molecule has 1 heterocycles. The lowest BCUT2D eigenvalue weighted by Crippen LogP contribution is -2.19. The molecule has 1 aromatic rings. The van der Waals surface area contributed by atoms with Crippen molar-refractivity contribution < 1.29 is 4.79 Å². The van der Waals surface area contributed by atoms with Gasteiger partial charge < -0.3 is 10.6 Å². The maximum absolute atomic E-state index is 10.9. The number of carbonyl (C=O) groups excluding carboxylic acids is 1. The zero-order chi connectivity index (χ0) is 9.14. The predicted molar refractivity (Wildman–Crippen MR) is 47.1 cm³/mol. The lowest BCUT2D eigenvalue weighted by atomic mass is 10.2. The maximum Gasteiger partial charge on any atom is 0.269 e. The number of carbonyl (C=O) groups is 1. The first-order chi connectivity index (χ1) is 5.63. The fraction of sp³-hybridized carbons (Fsp3) is 0.250. The number of hydrogen-bond donors (Lipinski definition) is 1. The van der Waals surface area contributed by atoms with Gasteiger partial charge in [-0.1, -0.05) is 0 Å². The van der Waals surface area contributed by atoms with E-state index in [1.807, 2.05) is 14.1 Å². The SMILES string of the molecule is CN(C)c1cccnc1C(N)=O. The number of anilines is 1. The van der Waals surface area contributed by atoms with Crippen molar-refractivity contribution in [3.63, 3.8) is 0 Å². The summed E-state index contributed by atoms with van der Waals surface area (Å²) >= 11 is 0. The van der Waals surface area contributed by atoms with Crippen molar-refractivity contribution in [1.82, 2.24) is 4.98 Å². The van der Waals surface area contributed by atoms with E-state index in [1.54, 1.807) is 23.2 Å². The minimum absolute atomic E-state index is 0.308. The van der Waals surface area contributed by atoms with Crippen molar-refractivity contribution >= 4 is 11.6 Å². The van der Waals surface area contributed by atoms with E-state index in [1.165, 1.54) is 0 Å². The third-order valence-corrected chi connectivity index (χ3v) is 1.50. The van der Waals surface area contributed by atoms with E-state index in [0.29, 0.717) is 5.69 Å². The highest BCUT2D eigenvalue weighted by Gasteiger charge is 2.09. The molecular weight excluding hydrogens is 154 g/mol. The van der Waals surface area contributed by atoms with Crippen LogP contribution in [0.5, 0.6) is 0 Å². The Kier molecular flexibility index (Phi) is 2.28. The average Bonchev–Trinajstić information content (AvgIpc) is 2.04. The van der Waals surface area contributed by atoms with Gasteiger partial charge in [-0.2, -0.15) is 0 Å². The minimum Gasteiger partial charge on any atom is -0.376 e. The number of rotatable bonds is 2. The van der Waals surface area contributed by atoms with Gasteiger partial charge in [0.25, 0.3) is 5.91 Å². The zero-order valence-corrected chi connectivity index (χ0v) is 7.11. The second-order valence-corrected chi connectivity index (χ2v) is 2.63. The summed E-state index contributed by atoms with van der Waals surface area (Å²) in [7, 11) is 3.67. The van der Waals surface area contributed by atoms with Gasteiger partial charge in [0.1, 0.15) is 0 Å². The quantitative estimate of drug-likeness (QED) is 0.683. The van der Waals surface area contributed by atoms with Crippen molar-refractivity contribution in [3.05, 3.63) is 24.0 Å². The molecule has 0 saturated heterocycles. The molecule has 0 radical (unpaired) electrons. The van der Waals surface area contributed by atoms with Gasteiger partial charge in [0, 0.05) is 20.3 Å². The summed E-state index contributed by atoms with van der Waals surface area (Å²) in [5, 5.41) is 0. The second-order valence-electron chi connectivity index (χ2n) is 2.63. The molecule has 0 spiro atoms. The highest BCUT2D eigenvalue weighted by Crippen LogP contribution is 2.13. The summed E-state index contributed by atoms with van der Waals surface area (Å²) in [6.45, 7) is 0. The van der Waals surface area contributed by atoms with Crippen LogP contribution in [-0.4, -0.2) is 25.0 Å². The van der Waals surface area contributed by atoms with E-state index in [4.69, 9.17) is 5.73 Å². The topological polar surface area (TPSA) is 59.2 Å². The number of nitrogens with zero attached hydrogens (tertiary/aromatic N) is 2. The van der Waals surface area contributed by atoms with Crippen LogP contribution >= 0.6 is 0 Å². The summed E-state index contributed by atoms with van der Waals surface area (Å²) in [4.78, 5) is 16.5. The predicted octanol–water partition coefficient (Wildman–Crippen LogP) is 0.247. The Hall–Kier alpha value is -1.58. The Morgan fingerprint density at radius 2 is 2.25 bits per heavy atom. The highest BCUT2D eigenvalue weighted by atomic mass is 16.1. The van der Waals surface area contributed by atoms with E-state index in [9.17, 15) is 4.79 Å². The molecule has 1 amide bonds. The van der Waals surface area contributed by atoms with Crippen LogP contribution in [0, 0.1) is 0 Å². The van der Waals surface area contributed by atoms with Gasteiger partial charge >= 0.3 is 0 Å². The van der Waals surface area contributed by atoms with Crippen LogP contribution in [-0.2, 0) is 0 Å². The number of aromatic nitrogens is 1. The molecule has 4 nitrogen and oxygen atoms in total. The molecule has 64 valence electrons. The van der Waals surface area contributed by atoms with E-state index >= 15 is 0 Å². The molecule has 0 aliphatic carbocycles. The number of hydrogen-bond acceptors (Lipinski definition) is 3. The van der Waals surface area contributed by atoms with Gasteiger partial charge in [0.15, 0.2) is 5.69 Å². The van der Waals surface area contributed by atoms with Gasteiger partial charge in [-0.3, -0.25) is 4.79 Å². The lowest BCUT2D eigenvalue weighted by molar-refractivity contribution is 0.0996. The highest BCUT2D eigenvalue weighted by molar-refractivity contribution is 5.96. The molecule has 1 rings (SSSR count). The fourth-order valence-electron chi connectivity index (χ4n) is 0.948. The van der Waals surface area contributed by atoms with Crippen molar-refractivity contribution in [1.29, 1.82) is 0 Å². The zero-order valence-electron chi connectivity index (χ0n) is 7.11. The summed E-state index contributed by atoms with van der Waals surface area (Å²) in [6, 6.07) is 3.56.